The van der Waals surface area contributed by atoms with Crippen molar-refractivity contribution in [3.8, 4) is 0 Å². The molecule has 0 spiro atoms. The minimum Gasteiger partial charge on any atom is -0.412 e. The number of aliphatic hydroxyl groups is 3. The van der Waals surface area contributed by atoms with E-state index in [1.54, 1.807) is 0 Å². The molecule has 0 aromatic heterocycles. The number of hydrazine groups is 1. The van der Waals surface area contributed by atoms with Crippen molar-refractivity contribution in [3.05, 3.63) is 0 Å². The van der Waals surface area contributed by atoms with Crippen LogP contribution in [0.15, 0.2) is 0 Å². The largest absolute Gasteiger partial charge is 0.412 e. The lowest BCUT2D eigenvalue weighted by atomic mass is 10.4. The van der Waals surface area contributed by atoms with Crippen molar-refractivity contribution in [1.82, 2.24) is 0 Å². The molecule has 9 N–H and O–H groups in total. The maximum absolute atomic E-state index is 8.17. The van der Waals surface area contributed by atoms with Gasteiger partial charge in [0, 0.05) is 0 Å². The Morgan fingerprint density at radius 2 is 1.33 bits per heavy atom. The van der Waals surface area contributed by atoms with Gasteiger partial charge in [-0.15, -0.1) is 0 Å². The SMILES string of the molecule is NN.O.OCC(O)CO. The number of aliphatic hydroxyl groups excluding tert-OH is 3. The number of hydrogen-bond donors (Lipinski definition) is 5. The van der Waals surface area contributed by atoms with E-state index in [1.165, 1.54) is 0 Å². The zero-order valence-electron chi connectivity index (χ0n) is 4.99. The molecule has 0 aromatic carbocycles. The van der Waals surface area contributed by atoms with Gasteiger partial charge in [0.25, 0.3) is 0 Å². The van der Waals surface area contributed by atoms with Crippen LogP contribution < -0.4 is 11.7 Å². The third-order valence-electron chi connectivity index (χ3n) is 0.421. The van der Waals surface area contributed by atoms with Crippen LogP contribution >= 0.6 is 0 Å². The molecule has 0 radical (unpaired) electrons. The highest BCUT2D eigenvalue weighted by molar-refractivity contribution is 4.43. The van der Waals surface area contributed by atoms with E-state index in [4.69, 9.17) is 15.3 Å². The smallest absolute Gasteiger partial charge is 0.100 e. The van der Waals surface area contributed by atoms with Gasteiger partial charge in [-0.25, -0.2) is 0 Å². The molecule has 60 valence electrons. The predicted octanol–water partition coefficient (Wildman–Crippen LogP) is -3.67. The Bertz CT molecular complexity index is 33.0. The van der Waals surface area contributed by atoms with Gasteiger partial charge in [-0.05, 0) is 0 Å². The van der Waals surface area contributed by atoms with Crippen molar-refractivity contribution in [1.29, 1.82) is 0 Å². The molecule has 0 heterocycles. The van der Waals surface area contributed by atoms with Crippen molar-refractivity contribution in [2.75, 3.05) is 13.2 Å². The molecule has 6 heteroatoms. The highest BCUT2D eigenvalue weighted by Crippen LogP contribution is 1.71. The van der Waals surface area contributed by atoms with Crippen LogP contribution in [0.3, 0.4) is 0 Å². The van der Waals surface area contributed by atoms with Gasteiger partial charge in [0.1, 0.15) is 6.10 Å². The Kier molecular flexibility index (Phi) is 27.6. The molecule has 0 fully saturated rings. The highest BCUT2D eigenvalue weighted by atomic mass is 16.3. The summed E-state index contributed by atoms with van der Waals surface area (Å²) in [6.07, 6.45) is -0.954. The first-order chi connectivity index (χ1) is 3.81. The summed E-state index contributed by atoms with van der Waals surface area (Å²) >= 11 is 0. The Morgan fingerprint density at radius 1 is 1.11 bits per heavy atom. The van der Waals surface area contributed by atoms with Gasteiger partial charge in [-0.1, -0.05) is 0 Å². The van der Waals surface area contributed by atoms with Crippen LogP contribution in [0.2, 0.25) is 0 Å². The molecule has 0 saturated carbocycles. The fourth-order valence-electron chi connectivity index (χ4n) is 0.0577. The predicted molar refractivity (Wildman–Crippen MR) is 32.2 cm³/mol. The molecule has 0 unspecified atom stereocenters. The van der Waals surface area contributed by atoms with Crippen LogP contribution in [-0.4, -0.2) is 40.1 Å². The van der Waals surface area contributed by atoms with E-state index in [-0.39, 0.29) is 18.7 Å². The van der Waals surface area contributed by atoms with Gasteiger partial charge in [0.05, 0.1) is 13.2 Å². The first kappa shape index (κ1) is 15.9. The van der Waals surface area contributed by atoms with Crippen molar-refractivity contribution < 1.29 is 20.8 Å². The summed E-state index contributed by atoms with van der Waals surface area (Å²) in [5, 5.41) is 24.0. The van der Waals surface area contributed by atoms with E-state index in [2.05, 4.69) is 11.7 Å². The summed E-state index contributed by atoms with van der Waals surface area (Å²) in [6, 6.07) is 0. The molecule has 0 aromatic rings. The lowest BCUT2D eigenvalue weighted by Crippen LogP contribution is -2.15. The quantitative estimate of drug-likeness (QED) is 0.199. The topological polar surface area (TPSA) is 144 Å². The molecule has 0 bridgehead atoms. The standard InChI is InChI=1S/C3H8O3.H4N2.H2O/c4-1-3(6)2-5;1-2;/h3-6H,1-2H2;1-2H2;1H2. The normalized spacial score (nSPS) is 7.33. The van der Waals surface area contributed by atoms with Gasteiger partial charge in [-0.2, -0.15) is 0 Å². The Labute approximate surface area is 53.0 Å². The second kappa shape index (κ2) is 15.7. The van der Waals surface area contributed by atoms with Gasteiger partial charge >= 0.3 is 0 Å². The monoisotopic (exact) mass is 142 g/mol. The molecule has 0 aliphatic heterocycles. The molecule has 9 heavy (non-hydrogen) atoms. The van der Waals surface area contributed by atoms with Crippen LogP contribution in [0.4, 0.5) is 0 Å². The fourth-order valence-corrected chi connectivity index (χ4v) is 0.0577. The first-order valence-electron chi connectivity index (χ1n) is 2.04. The first-order valence-corrected chi connectivity index (χ1v) is 2.04. The zero-order chi connectivity index (χ0) is 6.99. The Morgan fingerprint density at radius 3 is 1.33 bits per heavy atom. The van der Waals surface area contributed by atoms with Gasteiger partial charge in [-0.3, -0.25) is 11.7 Å². The summed E-state index contributed by atoms with van der Waals surface area (Å²) in [5.74, 6) is 8.00. The van der Waals surface area contributed by atoms with E-state index >= 15 is 0 Å². The maximum Gasteiger partial charge on any atom is 0.100 e. The molecule has 0 saturated heterocycles. The Balaban J connectivity index is -0.000000109. The third-order valence-corrected chi connectivity index (χ3v) is 0.421. The van der Waals surface area contributed by atoms with Crippen LogP contribution in [0.5, 0.6) is 0 Å². The van der Waals surface area contributed by atoms with Crippen molar-refractivity contribution in [3.63, 3.8) is 0 Å². The van der Waals surface area contributed by atoms with Gasteiger partial charge in [0.15, 0.2) is 0 Å². The molecule has 0 aliphatic carbocycles. The van der Waals surface area contributed by atoms with Gasteiger partial charge < -0.3 is 20.8 Å². The summed E-state index contributed by atoms with van der Waals surface area (Å²) in [5.41, 5.74) is 0. The third kappa shape index (κ3) is 18.2. The molecule has 0 atom stereocenters. The molecule has 0 aliphatic rings. The molecule has 6 nitrogen and oxygen atoms in total. The average Bonchev–Trinajstić information content (AvgIpc) is 1.91. The second-order valence-electron chi connectivity index (χ2n) is 1.02. The van der Waals surface area contributed by atoms with E-state index in [0.717, 1.165) is 0 Å². The minimum absolute atomic E-state index is 0. The maximum atomic E-state index is 8.17. The fraction of sp³-hybridized carbons (Fsp3) is 1.00. The van der Waals surface area contributed by atoms with Crippen molar-refractivity contribution in [2.45, 2.75) is 6.10 Å². The van der Waals surface area contributed by atoms with Crippen LogP contribution in [-0.2, 0) is 0 Å². The molecule has 0 rings (SSSR count). The number of nitrogens with two attached hydrogens (primary N) is 2. The zero-order valence-corrected chi connectivity index (χ0v) is 4.99. The van der Waals surface area contributed by atoms with E-state index < -0.39 is 6.10 Å². The van der Waals surface area contributed by atoms with Crippen LogP contribution in [0.25, 0.3) is 0 Å². The van der Waals surface area contributed by atoms with E-state index in [1.807, 2.05) is 0 Å². The lowest BCUT2D eigenvalue weighted by molar-refractivity contribution is 0.0450. The van der Waals surface area contributed by atoms with Crippen molar-refractivity contribution in [2.24, 2.45) is 11.7 Å². The molecule has 0 amide bonds. The van der Waals surface area contributed by atoms with Gasteiger partial charge in [0.2, 0.25) is 0 Å². The minimum atomic E-state index is -0.954. The summed E-state index contributed by atoms with van der Waals surface area (Å²) in [4.78, 5) is 0. The Hall–Kier alpha value is -0.240. The average molecular weight is 142 g/mol. The highest BCUT2D eigenvalue weighted by Gasteiger charge is 1.93. The number of hydrogen-bond acceptors (Lipinski definition) is 5. The lowest BCUT2D eigenvalue weighted by Gasteiger charge is -1.96. The van der Waals surface area contributed by atoms with Crippen LogP contribution in [0.1, 0.15) is 0 Å². The van der Waals surface area contributed by atoms with Crippen LogP contribution in [0, 0.1) is 0 Å². The van der Waals surface area contributed by atoms with Crippen molar-refractivity contribution >= 4 is 0 Å². The second-order valence-corrected chi connectivity index (χ2v) is 1.02. The van der Waals surface area contributed by atoms with E-state index in [9.17, 15) is 0 Å². The van der Waals surface area contributed by atoms with E-state index in [0.29, 0.717) is 0 Å². The molecular weight excluding hydrogens is 128 g/mol. The summed E-state index contributed by atoms with van der Waals surface area (Å²) in [7, 11) is 0. The molecular formula is C3H14N2O4. The summed E-state index contributed by atoms with van der Waals surface area (Å²) in [6.45, 7) is -0.729. The summed E-state index contributed by atoms with van der Waals surface area (Å²) < 4.78 is 0. The number of rotatable bonds is 2.